The molecule has 23 heavy (non-hydrogen) atoms. The lowest BCUT2D eigenvalue weighted by Crippen LogP contribution is -2.44. The molecular formula is C15H18BrClN4O2. The van der Waals surface area contributed by atoms with Crippen LogP contribution in [0.2, 0.25) is 0 Å². The van der Waals surface area contributed by atoms with E-state index in [2.05, 4.69) is 26.2 Å². The fourth-order valence-electron chi connectivity index (χ4n) is 2.52. The molecule has 1 aliphatic rings. The van der Waals surface area contributed by atoms with Crippen molar-refractivity contribution in [3.63, 3.8) is 0 Å². The van der Waals surface area contributed by atoms with Crippen molar-refractivity contribution < 1.29 is 4.79 Å². The average Bonchev–Trinajstić information content (AvgIpc) is 3.33. The van der Waals surface area contributed by atoms with E-state index in [1.807, 2.05) is 6.07 Å². The lowest BCUT2D eigenvalue weighted by Gasteiger charge is -2.16. The Morgan fingerprint density at radius 2 is 2.22 bits per heavy atom. The standard InChI is InChI=1S/C15H17BrN4O2.ClH/c16-10-3-4-12-11(5-10)15(22)20(8-18-12)7-14(21)19-13(6-17)9-1-2-9;/h3-5,8-9,13H,1-2,6-7,17H2,(H,19,21);1H. The molecule has 1 amide bonds. The number of halogens is 2. The molecule has 3 rings (SSSR count). The van der Waals surface area contributed by atoms with E-state index in [1.54, 1.807) is 12.1 Å². The maximum Gasteiger partial charge on any atom is 0.261 e. The van der Waals surface area contributed by atoms with E-state index in [-0.39, 0.29) is 36.5 Å². The third-order valence-electron chi connectivity index (χ3n) is 3.89. The second-order valence-corrected chi connectivity index (χ2v) is 6.50. The number of carbonyl (C=O) groups is 1. The zero-order valence-electron chi connectivity index (χ0n) is 12.4. The van der Waals surface area contributed by atoms with E-state index in [0.29, 0.717) is 23.4 Å². The van der Waals surface area contributed by atoms with Crippen LogP contribution in [0.4, 0.5) is 0 Å². The first kappa shape index (κ1) is 17.9. The predicted molar refractivity (Wildman–Crippen MR) is 94.7 cm³/mol. The van der Waals surface area contributed by atoms with E-state index in [9.17, 15) is 9.59 Å². The molecule has 3 N–H and O–H groups in total. The van der Waals surface area contributed by atoms with Gasteiger partial charge in [-0.25, -0.2) is 4.98 Å². The fraction of sp³-hybridized carbons (Fsp3) is 0.400. The molecule has 0 saturated heterocycles. The second kappa shape index (κ2) is 7.42. The number of rotatable bonds is 5. The van der Waals surface area contributed by atoms with Gasteiger partial charge in [-0.15, -0.1) is 12.4 Å². The quantitative estimate of drug-likeness (QED) is 0.793. The zero-order chi connectivity index (χ0) is 15.7. The van der Waals surface area contributed by atoms with Gasteiger partial charge in [0, 0.05) is 17.1 Å². The van der Waals surface area contributed by atoms with Crippen LogP contribution in [-0.2, 0) is 11.3 Å². The summed E-state index contributed by atoms with van der Waals surface area (Å²) >= 11 is 3.34. The van der Waals surface area contributed by atoms with Crippen LogP contribution in [0.25, 0.3) is 10.9 Å². The molecule has 6 nitrogen and oxygen atoms in total. The van der Waals surface area contributed by atoms with Gasteiger partial charge in [0.2, 0.25) is 5.91 Å². The first-order valence-corrected chi connectivity index (χ1v) is 8.02. The molecule has 1 saturated carbocycles. The van der Waals surface area contributed by atoms with E-state index < -0.39 is 0 Å². The van der Waals surface area contributed by atoms with Crippen molar-refractivity contribution in [2.75, 3.05) is 6.54 Å². The zero-order valence-corrected chi connectivity index (χ0v) is 14.8. The molecule has 124 valence electrons. The summed E-state index contributed by atoms with van der Waals surface area (Å²) in [5.74, 6) is 0.275. The molecule has 1 unspecified atom stereocenters. The van der Waals surface area contributed by atoms with Gasteiger partial charge in [-0.3, -0.25) is 14.2 Å². The minimum Gasteiger partial charge on any atom is -0.350 e. The van der Waals surface area contributed by atoms with Crippen LogP contribution < -0.4 is 16.6 Å². The van der Waals surface area contributed by atoms with Gasteiger partial charge >= 0.3 is 0 Å². The number of nitrogens with one attached hydrogen (secondary N) is 1. The molecule has 1 atom stereocenters. The number of amides is 1. The largest absolute Gasteiger partial charge is 0.350 e. The fourth-order valence-corrected chi connectivity index (χ4v) is 2.88. The lowest BCUT2D eigenvalue weighted by molar-refractivity contribution is -0.122. The van der Waals surface area contributed by atoms with E-state index in [4.69, 9.17) is 5.73 Å². The number of hydrogen-bond acceptors (Lipinski definition) is 4. The number of benzene rings is 1. The summed E-state index contributed by atoms with van der Waals surface area (Å²) in [6.45, 7) is 0.381. The van der Waals surface area contributed by atoms with Gasteiger partial charge < -0.3 is 11.1 Å². The van der Waals surface area contributed by atoms with Gasteiger partial charge in [0.05, 0.1) is 17.2 Å². The predicted octanol–water partition coefficient (Wildman–Crippen LogP) is 1.43. The van der Waals surface area contributed by atoms with Crippen LogP contribution in [0.3, 0.4) is 0 Å². The summed E-state index contributed by atoms with van der Waals surface area (Å²) in [4.78, 5) is 28.7. The molecule has 1 heterocycles. The summed E-state index contributed by atoms with van der Waals surface area (Å²) in [5.41, 5.74) is 6.06. The van der Waals surface area contributed by atoms with Crippen molar-refractivity contribution in [2.45, 2.75) is 25.4 Å². The van der Waals surface area contributed by atoms with Gasteiger partial charge in [0.25, 0.3) is 5.56 Å². The smallest absolute Gasteiger partial charge is 0.261 e. The number of carbonyl (C=O) groups excluding carboxylic acids is 1. The summed E-state index contributed by atoms with van der Waals surface area (Å²) < 4.78 is 2.13. The van der Waals surface area contributed by atoms with E-state index in [0.717, 1.165) is 17.3 Å². The second-order valence-electron chi connectivity index (χ2n) is 5.59. The summed E-state index contributed by atoms with van der Waals surface area (Å²) in [7, 11) is 0. The molecule has 2 aromatic rings. The van der Waals surface area contributed by atoms with E-state index in [1.165, 1.54) is 10.9 Å². The molecule has 0 bridgehead atoms. The molecule has 1 aromatic carbocycles. The minimum absolute atomic E-state index is 0. The molecule has 0 radical (unpaired) electrons. The van der Waals surface area contributed by atoms with Crippen molar-refractivity contribution in [1.82, 2.24) is 14.9 Å². The maximum absolute atomic E-state index is 12.4. The van der Waals surface area contributed by atoms with Gasteiger partial charge in [-0.2, -0.15) is 0 Å². The molecule has 1 fully saturated rings. The lowest BCUT2D eigenvalue weighted by atomic mass is 10.2. The van der Waals surface area contributed by atoms with Gasteiger partial charge in [-0.1, -0.05) is 15.9 Å². The Bertz CT molecular complexity index is 776. The Labute approximate surface area is 148 Å². The molecule has 0 aliphatic heterocycles. The van der Waals surface area contributed by atoms with Crippen molar-refractivity contribution in [3.8, 4) is 0 Å². The monoisotopic (exact) mass is 400 g/mol. The first-order valence-electron chi connectivity index (χ1n) is 7.22. The number of hydrogen-bond donors (Lipinski definition) is 2. The summed E-state index contributed by atoms with van der Waals surface area (Å²) in [6.07, 6.45) is 3.62. The Balaban J connectivity index is 0.00000192. The Morgan fingerprint density at radius 1 is 1.48 bits per heavy atom. The highest BCUT2D eigenvalue weighted by Gasteiger charge is 2.31. The Morgan fingerprint density at radius 3 is 2.87 bits per heavy atom. The van der Waals surface area contributed by atoms with E-state index >= 15 is 0 Å². The van der Waals surface area contributed by atoms with Crippen LogP contribution in [-0.4, -0.2) is 28.0 Å². The van der Waals surface area contributed by atoms with Crippen molar-refractivity contribution >= 4 is 45.1 Å². The number of nitrogens with zero attached hydrogens (tertiary/aromatic N) is 2. The molecule has 8 heteroatoms. The SMILES string of the molecule is Cl.NCC(NC(=O)Cn1cnc2ccc(Br)cc2c1=O)C1CC1. The average molecular weight is 402 g/mol. The van der Waals surface area contributed by atoms with Crippen LogP contribution in [0.15, 0.2) is 33.8 Å². The maximum atomic E-state index is 12.4. The first-order chi connectivity index (χ1) is 10.6. The highest BCUT2D eigenvalue weighted by Crippen LogP contribution is 2.32. The highest BCUT2D eigenvalue weighted by molar-refractivity contribution is 9.10. The summed E-state index contributed by atoms with van der Waals surface area (Å²) in [5, 5.41) is 3.39. The molecule has 1 aliphatic carbocycles. The third-order valence-corrected chi connectivity index (χ3v) is 4.38. The normalized spacial score (nSPS) is 15.0. The van der Waals surface area contributed by atoms with Crippen LogP contribution >= 0.6 is 28.3 Å². The van der Waals surface area contributed by atoms with Gasteiger partial charge in [0.15, 0.2) is 0 Å². The molecular weight excluding hydrogens is 384 g/mol. The number of fused-ring (bicyclic) bond motifs is 1. The van der Waals surface area contributed by atoms with Crippen molar-refractivity contribution in [3.05, 3.63) is 39.4 Å². The van der Waals surface area contributed by atoms with Crippen LogP contribution in [0.1, 0.15) is 12.8 Å². The molecule has 0 spiro atoms. The summed E-state index contributed by atoms with van der Waals surface area (Å²) in [6, 6.07) is 5.31. The third kappa shape index (κ3) is 4.10. The van der Waals surface area contributed by atoms with Crippen LogP contribution in [0.5, 0.6) is 0 Å². The van der Waals surface area contributed by atoms with Gasteiger partial charge in [0.1, 0.15) is 6.54 Å². The molecule has 1 aromatic heterocycles. The number of aromatic nitrogens is 2. The van der Waals surface area contributed by atoms with Crippen LogP contribution in [0, 0.1) is 5.92 Å². The van der Waals surface area contributed by atoms with Crippen molar-refractivity contribution in [1.29, 1.82) is 0 Å². The van der Waals surface area contributed by atoms with Crippen molar-refractivity contribution in [2.24, 2.45) is 11.7 Å². The Hall–Kier alpha value is -1.44. The minimum atomic E-state index is -0.225. The number of nitrogens with two attached hydrogens (primary N) is 1. The Kier molecular flexibility index (Phi) is 5.78. The topological polar surface area (TPSA) is 90.0 Å². The highest BCUT2D eigenvalue weighted by atomic mass is 79.9. The van der Waals surface area contributed by atoms with Gasteiger partial charge in [-0.05, 0) is 37.0 Å².